The van der Waals surface area contributed by atoms with Gasteiger partial charge < -0.3 is 10.0 Å². The van der Waals surface area contributed by atoms with Crippen LogP contribution in [0.1, 0.15) is 12.8 Å². The van der Waals surface area contributed by atoms with Crippen molar-refractivity contribution in [1.82, 2.24) is 0 Å². The molecule has 140 valence electrons. The summed E-state index contributed by atoms with van der Waals surface area (Å²) in [7, 11) is -3.20. The van der Waals surface area contributed by atoms with Crippen LogP contribution in [0.25, 0.3) is 0 Å². The third kappa shape index (κ3) is 4.00. The Morgan fingerprint density at radius 3 is 2.69 bits per heavy atom. The van der Waals surface area contributed by atoms with Crippen LogP contribution in [0.4, 0.5) is 5.69 Å². The predicted molar refractivity (Wildman–Crippen MR) is 102 cm³/mol. The molecule has 2 aliphatic heterocycles. The number of nitrogens with zero attached hydrogens (tertiary/aromatic N) is 2. The molecule has 2 fully saturated rings. The normalized spacial score (nSPS) is 25.5. The highest BCUT2D eigenvalue weighted by Crippen LogP contribution is 2.44. The lowest BCUT2D eigenvalue weighted by Gasteiger charge is -2.25. The number of carbonyl (C=O) groups excluding carboxylic acids is 1. The fraction of sp³-hybridized carbons (Fsp3) is 0.400. The van der Waals surface area contributed by atoms with Crippen LogP contribution in [0, 0.1) is 0 Å². The number of aliphatic carboxylic acids is 1. The van der Waals surface area contributed by atoms with Gasteiger partial charge in [-0.05, 0) is 12.1 Å². The van der Waals surface area contributed by atoms with Crippen molar-refractivity contribution in [2.45, 2.75) is 24.1 Å². The molecule has 0 spiro atoms. The van der Waals surface area contributed by atoms with Crippen LogP contribution in [-0.2, 0) is 19.4 Å². The van der Waals surface area contributed by atoms with Gasteiger partial charge in [-0.25, -0.2) is 8.42 Å². The lowest BCUT2D eigenvalue weighted by molar-refractivity contribution is -0.138. The average Bonchev–Trinajstić information content (AvgIpc) is 2.99. The van der Waals surface area contributed by atoms with Crippen LogP contribution in [0.5, 0.6) is 0 Å². The first kappa shape index (κ1) is 19.5. The summed E-state index contributed by atoms with van der Waals surface area (Å²) in [5.74, 6) is -1.76. The summed E-state index contributed by atoms with van der Waals surface area (Å²) in [5, 5.41) is 9.27. The Bertz CT molecular complexity index is 903. The van der Waals surface area contributed by atoms with Crippen molar-refractivity contribution in [3.05, 3.63) is 28.2 Å². The van der Waals surface area contributed by atoms with Crippen molar-refractivity contribution in [3.8, 4) is 0 Å². The number of aliphatic imine (C=N–C) groups is 1. The molecular weight excluding hydrogens is 423 g/mol. The van der Waals surface area contributed by atoms with Gasteiger partial charge in [-0.2, -0.15) is 4.99 Å². The summed E-state index contributed by atoms with van der Waals surface area (Å²) in [6.07, 6.45) is -0.552. The number of carbonyl (C=O) groups is 2. The van der Waals surface area contributed by atoms with E-state index in [9.17, 15) is 18.0 Å². The number of rotatable bonds is 4. The average molecular weight is 437 g/mol. The summed E-state index contributed by atoms with van der Waals surface area (Å²) in [5.41, 5.74) is 0.473. The van der Waals surface area contributed by atoms with Gasteiger partial charge in [0.2, 0.25) is 5.91 Å². The van der Waals surface area contributed by atoms with Crippen molar-refractivity contribution < 1.29 is 23.1 Å². The Kier molecular flexibility index (Phi) is 5.53. The second-order valence-corrected chi connectivity index (χ2v) is 10.1. The zero-order valence-electron chi connectivity index (χ0n) is 13.3. The standard InChI is InChI=1S/C15H14Cl2N2O5S2/c16-8-2-1-3-9(14(8)17)19-10-6-26(23,24)7-11(10)25-15(19)18-12(20)4-5-13(21)22/h1-3,10-11H,4-7H2,(H,21,22)/t10-,11-/m0/s1. The Balaban J connectivity index is 1.97. The Morgan fingerprint density at radius 2 is 2.00 bits per heavy atom. The molecule has 11 heteroatoms. The number of hydrogen-bond acceptors (Lipinski definition) is 5. The molecule has 1 amide bonds. The number of sulfone groups is 1. The molecule has 1 aromatic rings. The lowest BCUT2D eigenvalue weighted by Crippen LogP contribution is -2.38. The van der Waals surface area contributed by atoms with Crippen LogP contribution >= 0.6 is 35.0 Å². The maximum atomic E-state index is 12.0. The number of carboxylic acids is 1. The van der Waals surface area contributed by atoms with E-state index in [0.717, 1.165) is 0 Å². The predicted octanol–water partition coefficient (Wildman–Crippen LogP) is 2.46. The van der Waals surface area contributed by atoms with E-state index in [-0.39, 0.29) is 34.6 Å². The van der Waals surface area contributed by atoms with E-state index >= 15 is 0 Å². The minimum Gasteiger partial charge on any atom is -0.481 e. The van der Waals surface area contributed by atoms with Crippen LogP contribution in [0.2, 0.25) is 10.0 Å². The van der Waals surface area contributed by atoms with Gasteiger partial charge in [0.15, 0.2) is 15.0 Å². The van der Waals surface area contributed by atoms with Crippen LogP contribution in [0.15, 0.2) is 23.2 Å². The second-order valence-electron chi connectivity index (χ2n) is 5.93. The molecule has 0 bridgehead atoms. The van der Waals surface area contributed by atoms with Gasteiger partial charge in [0.1, 0.15) is 0 Å². The molecule has 2 heterocycles. The molecule has 2 saturated heterocycles. The molecule has 0 aliphatic carbocycles. The maximum Gasteiger partial charge on any atom is 0.303 e. The third-order valence-electron chi connectivity index (χ3n) is 4.03. The zero-order valence-corrected chi connectivity index (χ0v) is 16.4. The van der Waals surface area contributed by atoms with E-state index in [1.165, 1.54) is 11.8 Å². The molecule has 2 atom stereocenters. The first-order valence-corrected chi connectivity index (χ1v) is 11.1. The highest BCUT2D eigenvalue weighted by atomic mass is 35.5. The van der Waals surface area contributed by atoms with Gasteiger partial charge in [0.05, 0.1) is 39.7 Å². The largest absolute Gasteiger partial charge is 0.481 e. The van der Waals surface area contributed by atoms with Gasteiger partial charge in [0.25, 0.3) is 0 Å². The number of fused-ring (bicyclic) bond motifs is 1. The summed E-state index contributed by atoms with van der Waals surface area (Å²) in [6.45, 7) is 0. The summed E-state index contributed by atoms with van der Waals surface area (Å²) in [6, 6.07) is 4.55. The quantitative estimate of drug-likeness (QED) is 0.772. The zero-order chi connectivity index (χ0) is 19.1. The van der Waals surface area contributed by atoms with Crippen molar-refractivity contribution >= 4 is 67.5 Å². The number of anilines is 1. The van der Waals surface area contributed by atoms with E-state index < -0.39 is 27.8 Å². The van der Waals surface area contributed by atoms with E-state index in [2.05, 4.69) is 4.99 Å². The molecule has 2 aliphatic rings. The van der Waals surface area contributed by atoms with Gasteiger partial charge >= 0.3 is 5.97 Å². The minimum absolute atomic E-state index is 0.0145. The highest BCUT2D eigenvalue weighted by Gasteiger charge is 2.49. The summed E-state index contributed by atoms with van der Waals surface area (Å²) in [4.78, 5) is 28.3. The van der Waals surface area contributed by atoms with Gasteiger partial charge in [-0.15, -0.1) is 0 Å². The molecule has 3 rings (SSSR count). The Labute approximate surface area is 164 Å². The molecule has 1 aromatic carbocycles. The van der Waals surface area contributed by atoms with Crippen molar-refractivity contribution in [2.75, 3.05) is 16.4 Å². The summed E-state index contributed by atoms with van der Waals surface area (Å²) < 4.78 is 24.0. The third-order valence-corrected chi connectivity index (χ3v) is 8.05. The fourth-order valence-corrected chi connectivity index (χ4v) is 7.21. The Hall–Kier alpha value is -1.29. The van der Waals surface area contributed by atoms with Crippen LogP contribution < -0.4 is 4.90 Å². The number of amides is 1. The first-order valence-electron chi connectivity index (χ1n) is 7.61. The van der Waals surface area contributed by atoms with Crippen molar-refractivity contribution in [1.29, 1.82) is 0 Å². The molecule has 1 N–H and O–H groups in total. The fourth-order valence-electron chi connectivity index (χ4n) is 2.90. The number of amidine groups is 1. The molecule has 0 unspecified atom stereocenters. The SMILES string of the molecule is O=C(O)CCC(=O)N=C1S[C@H]2CS(=O)(=O)C[C@@H]2N1c1cccc(Cl)c1Cl. The number of thioether (sulfide) groups is 1. The van der Waals surface area contributed by atoms with E-state index in [1.807, 2.05) is 0 Å². The smallest absolute Gasteiger partial charge is 0.303 e. The second kappa shape index (κ2) is 7.38. The maximum absolute atomic E-state index is 12.0. The van der Waals surface area contributed by atoms with Gasteiger partial charge in [-0.3, -0.25) is 9.59 Å². The van der Waals surface area contributed by atoms with E-state index in [4.69, 9.17) is 28.3 Å². The van der Waals surface area contributed by atoms with E-state index in [1.54, 1.807) is 23.1 Å². The number of benzene rings is 1. The molecule has 0 radical (unpaired) electrons. The molecule has 0 aromatic heterocycles. The van der Waals surface area contributed by atoms with Crippen molar-refractivity contribution in [3.63, 3.8) is 0 Å². The van der Waals surface area contributed by atoms with Crippen LogP contribution in [0.3, 0.4) is 0 Å². The Morgan fingerprint density at radius 1 is 1.27 bits per heavy atom. The van der Waals surface area contributed by atoms with Gasteiger partial charge in [-0.1, -0.05) is 41.0 Å². The highest BCUT2D eigenvalue weighted by molar-refractivity contribution is 8.16. The molecule has 0 saturated carbocycles. The molecule has 26 heavy (non-hydrogen) atoms. The number of halogens is 2. The molecular formula is C15H14Cl2N2O5S2. The number of carboxylic acid groups (broad SMARTS) is 1. The topological polar surface area (TPSA) is 104 Å². The lowest BCUT2D eigenvalue weighted by atomic mass is 10.2. The van der Waals surface area contributed by atoms with Crippen LogP contribution in [-0.4, -0.2) is 53.4 Å². The minimum atomic E-state index is -3.20. The monoisotopic (exact) mass is 436 g/mol. The van der Waals surface area contributed by atoms with E-state index in [0.29, 0.717) is 15.9 Å². The van der Waals surface area contributed by atoms with Gasteiger partial charge in [0, 0.05) is 11.7 Å². The van der Waals surface area contributed by atoms with Crippen molar-refractivity contribution in [2.24, 2.45) is 4.99 Å². The molecule has 7 nitrogen and oxygen atoms in total. The first-order chi connectivity index (χ1) is 12.2. The summed E-state index contributed by atoms with van der Waals surface area (Å²) >= 11 is 13.6. The number of hydrogen-bond donors (Lipinski definition) is 1.